The summed E-state index contributed by atoms with van der Waals surface area (Å²) in [6, 6.07) is 41.5. The summed E-state index contributed by atoms with van der Waals surface area (Å²) >= 11 is 1.85. The number of furan rings is 1. The fraction of sp³-hybridized carbons (Fsp3) is 0. The first-order valence-corrected chi connectivity index (χ1v) is 13.0. The molecular weight excluding hydrogens is 456 g/mol. The van der Waals surface area contributed by atoms with Gasteiger partial charge in [-0.25, -0.2) is 0 Å². The summed E-state index contributed by atoms with van der Waals surface area (Å²) in [5.74, 6) is 0. The van der Waals surface area contributed by atoms with Gasteiger partial charge in [0, 0.05) is 36.7 Å². The lowest BCUT2D eigenvalue weighted by atomic mass is 9.86. The minimum Gasteiger partial charge on any atom is -0.464 e. The fourth-order valence-corrected chi connectivity index (χ4v) is 6.90. The van der Waals surface area contributed by atoms with Crippen molar-refractivity contribution in [1.82, 2.24) is 0 Å². The van der Waals surface area contributed by atoms with Crippen LogP contribution in [0.3, 0.4) is 0 Å². The number of hydrogen-bond donors (Lipinski definition) is 0. The highest BCUT2D eigenvalue weighted by Gasteiger charge is 2.20. The summed E-state index contributed by atoms with van der Waals surface area (Å²) in [6.45, 7) is 0. The molecule has 6 aromatic carbocycles. The first-order valence-electron chi connectivity index (χ1n) is 12.2. The highest BCUT2D eigenvalue weighted by molar-refractivity contribution is 7.25. The molecule has 0 spiro atoms. The first kappa shape index (κ1) is 19.9. The Morgan fingerprint density at radius 2 is 1.03 bits per heavy atom. The lowest BCUT2D eigenvalue weighted by Crippen LogP contribution is -1.90. The lowest BCUT2D eigenvalue weighted by molar-refractivity contribution is 0.617. The number of hydrogen-bond acceptors (Lipinski definition) is 2. The fourth-order valence-electron chi connectivity index (χ4n) is 5.77. The van der Waals surface area contributed by atoms with E-state index in [2.05, 4.69) is 115 Å². The van der Waals surface area contributed by atoms with Gasteiger partial charge < -0.3 is 4.42 Å². The van der Waals surface area contributed by atoms with E-state index in [-0.39, 0.29) is 0 Å². The molecule has 36 heavy (non-hydrogen) atoms. The van der Waals surface area contributed by atoms with Crippen LogP contribution in [-0.2, 0) is 0 Å². The largest absolute Gasteiger partial charge is 0.464 e. The predicted molar refractivity (Wildman–Crippen MR) is 155 cm³/mol. The second kappa shape index (κ2) is 7.55. The van der Waals surface area contributed by atoms with Gasteiger partial charge in [-0.15, -0.1) is 11.3 Å². The van der Waals surface area contributed by atoms with Crippen LogP contribution in [0, 0.1) is 0 Å². The summed E-state index contributed by atoms with van der Waals surface area (Å²) < 4.78 is 8.85. The normalized spacial score (nSPS) is 11.9. The van der Waals surface area contributed by atoms with Crippen molar-refractivity contribution in [3.05, 3.63) is 122 Å². The Balaban J connectivity index is 1.51. The van der Waals surface area contributed by atoms with Gasteiger partial charge in [0.1, 0.15) is 5.58 Å². The van der Waals surface area contributed by atoms with Crippen molar-refractivity contribution in [2.24, 2.45) is 0 Å². The molecule has 2 aromatic heterocycles. The summed E-state index contributed by atoms with van der Waals surface area (Å²) in [5, 5.41) is 8.73. The Morgan fingerprint density at radius 3 is 1.72 bits per heavy atom. The lowest BCUT2D eigenvalue weighted by Gasteiger charge is -2.17. The van der Waals surface area contributed by atoms with Crippen molar-refractivity contribution in [3.63, 3.8) is 0 Å². The van der Waals surface area contributed by atoms with Crippen LogP contribution in [0.1, 0.15) is 0 Å². The Morgan fingerprint density at radius 1 is 0.444 bits per heavy atom. The van der Waals surface area contributed by atoms with Crippen LogP contribution in [0.4, 0.5) is 0 Å². The molecule has 0 saturated heterocycles. The Kier molecular flexibility index (Phi) is 4.16. The smallest absolute Gasteiger partial charge is 0.135 e. The van der Waals surface area contributed by atoms with Crippen LogP contribution >= 0.6 is 11.3 Å². The molecular formula is C34H20OS. The van der Waals surface area contributed by atoms with Crippen molar-refractivity contribution in [1.29, 1.82) is 0 Å². The van der Waals surface area contributed by atoms with E-state index in [1.54, 1.807) is 0 Å². The van der Waals surface area contributed by atoms with Crippen LogP contribution in [0.5, 0.6) is 0 Å². The van der Waals surface area contributed by atoms with Crippen molar-refractivity contribution in [3.8, 4) is 22.3 Å². The van der Waals surface area contributed by atoms with Gasteiger partial charge in [-0.2, -0.15) is 0 Å². The molecule has 0 amide bonds. The van der Waals surface area contributed by atoms with E-state index in [0.29, 0.717) is 0 Å². The van der Waals surface area contributed by atoms with Crippen LogP contribution in [0.2, 0.25) is 0 Å². The highest BCUT2D eigenvalue weighted by atomic mass is 32.1. The molecule has 8 aromatic rings. The molecule has 0 bridgehead atoms. The Labute approximate surface area is 211 Å². The highest BCUT2D eigenvalue weighted by Crippen LogP contribution is 2.47. The van der Waals surface area contributed by atoms with E-state index in [1.165, 1.54) is 58.4 Å². The Bertz CT molecular complexity index is 2040. The van der Waals surface area contributed by atoms with Crippen LogP contribution in [0.15, 0.2) is 126 Å². The summed E-state index contributed by atoms with van der Waals surface area (Å²) in [5.41, 5.74) is 5.84. The maximum absolute atomic E-state index is 6.25. The number of benzene rings is 6. The third-order valence-electron chi connectivity index (χ3n) is 7.34. The Hall–Kier alpha value is -4.40. The van der Waals surface area contributed by atoms with Crippen LogP contribution in [0.25, 0.3) is 74.9 Å². The molecule has 0 atom stereocenters. The van der Waals surface area contributed by atoms with Crippen molar-refractivity contribution >= 4 is 64.0 Å². The summed E-state index contributed by atoms with van der Waals surface area (Å²) in [4.78, 5) is 0. The van der Waals surface area contributed by atoms with Gasteiger partial charge in [0.25, 0.3) is 0 Å². The molecule has 0 fully saturated rings. The van der Waals surface area contributed by atoms with Gasteiger partial charge in [0.2, 0.25) is 0 Å². The number of fused-ring (bicyclic) bond motifs is 6. The zero-order chi connectivity index (χ0) is 23.6. The van der Waals surface area contributed by atoms with Crippen LogP contribution in [-0.4, -0.2) is 0 Å². The molecule has 0 N–H and O–H groups in total. The zero-order valence-corrected chi connectivity index (χ0v) is 20.2. The second-order valence-electron chi connectivity index (χ2n) is 9.30. The van der Waals surface area contributed by atoms with Gasteiger partial charge in [-0.1, -0.05) is 97.1 Å². The average molecular weight is 477 g/mol. The van der Waals surface area contributed by atoms with E-state index in [4.69, 9.17) is 4.42 Å². The molecule has 1 nitrogen and oxygen atoms in total. The minimum absolute atomic E-state index is 0.932. The molecule has 0 aliphatic rings. The van der Waals surface area contributed by atoms with Gasteiger partial charge in [-0.05, 0) is 50.9 Å². The molecule has 0 aliphatic carbocycles. The topological polar surface area (TPSA) is 13.1 Å². The van der Waals surface area contributed by atoms with Crippen LogP contribution < -0.4 is 0 Å². The van der Waals surface area contributed by atoms with Crippen molar-refractivity contribution in [2.45, 2.75) is 0 Å². The SMILES string of the molecule is c1ccc(-c2c3ccccc3c(-c3coc4cc5c(cc34)sc3ccccc35)c3ccccc23)cc1. The zero-order valence-electron chi connectivity index (χ0n) is 19.4. The van der Waals surface area contributed by atoms with E-state index >= 15 is 0 Å². The molecule has 2 heterocycles. The molecule has 0 saturated carbocycles. The van der Waals surface area contributed by atoms with Crippen molar-refractivity contribution in [2.75, 3.05) is 0 Å². The molecule has 2 heteroatoms. The quantitative estimate of drug-likeness (QED) is 0.226. The van der Waals surface area contributed by atoms with E-state index in [1.807, 2.05) is 17.6 Å². The summed E-state index contributed by atoms with van der Waals surface area (Å²) in [6.07, 6.45) is 1.95. The monoisotopic (exact) mass is 476 g/mol. The number of thiophene rings is 1. The molecule has 8 rings (SSSR count). The van der Waals surface area contributed by atoms with Gasteiger partial charge >= 0.3 is 0 Å². The van der Waals surface area contributed by atoms with E-state index < -0.39 is 0 Å². The maximum atomic E-state index is 6.25. The molecule has 0 aliphatic heterocycles. The summed E-state index contributed by atoms with van der Waals surface area (Å²) in [7, 11) is 0. The standard InChI is InChI=1S/C34H20OS/c1-2-10-21(11-3-1)33-23-13-4-6-15-25(23)34(26-16-7-5-14-24(26)33)29-20-35-30-18-28-22-12-8-9-17-31(22)36-32(28)19-27(29)30/h1-20H. The van der Waals surface area contributed by atoms with Crippen molar-refractivity contribution < 1.29 is 4.42 Å². The second-order valence-corrected chi connectivity index (χ2v) is 10.4. The molecule has 0 radical (unpaired) electrons. The predicted octanol–water partition coefficient (Wildman–Crippen LogP) is 10.4. The van der Waals surface area contributed by atoms with Gasteiger partial charge in [0.05, 0.1) is 6.26 Å². The third-order valence-corrected chi connectivity index (χ3v) is 8.47. The molecule has 168 valence electrons. The van der Waals surface area contributed by atoms with Gasteiger partial charge in [0.15, 0.2) is 0 Å². The van der Waals surface area contributed by atoms with E-state index in [9.17, 15) is 0 Å². The minimum atomic E-state index is 0.932. The van der Waals surface area contributed by atoms with Gasteiger partial charge in [-0.3, -0.25) is 0 Å². The first-order chi connectivity index (χ1) is 17.9. The number of rotatable bonds is 2. The average Bonchev–Trinajstić information content (AvgIpc) is 3.51. The van der Waals surface area contributed by atoms with E-state index in [0.717, 1.165) is 16.5 Å². The third kappa shape index (κ3) is 2.76. The maximum Gasteiger partial charge on any atom is 0.135 e. The molecule has 0 unspecified atom stereocenters.